The summed E-state index contributed by atoms with van der Waals surface area (Å²) in [6, 6.07) is 9.21. The lowest BCUT2D eigenvalue weighted by atomic mass is 9.85. The summed E-state index contributed by atoms with van der Waals surface area (Å²) in [6.45, 7) is 13.6. The van der Waals surface area contributed by atoms with Crippen LogP contribution in [0.2, 0.25) is 0 Å². The van der Waals surface area contributed by atoms with Crippen LogP contribution in [0.15, 0.2) is 42.5 Å². The van der Waals surface area contributed by atoms with Crippen molar-refractivity contribution in [2.75, 3.05) is 7.11 Å². The summed E-state index contributed by atoms with van der Waals surface area (Å²) in [5, 5.41) is 0. The number of rotatable bonds is 4. The van der Waals surface area contributed by atoms with Crippen molar-refractivity contribution in [3.8, 4) is 0 Å². The van der Waals surface area contributed by atoms with E-state index in [1.54, 1.807) is 0 Å². The van der Waals surface area contributed by atoms with Crippen LogP contribution in [0.5, 0.6) is 0 Å². The Bertz CT molecular complexity index is 387. The fourth-order valence-electron chi connectivity index (χ4n) is 1.69. The highest BCUT2D eigenvalue weighted by Crippen LogP contribution is 2.26. The number of ether oxygens (including phenoxy) is 1. The van der Waals surface area contributed by atoms with Crippen molar-refractivity contribution in [2.24, 2.45) is 5.73 Å². The summed E-state index contributed by atoms with van der Waals surface area (Å²) in [6.07, 6.45) is 0.379. The molecule has 0 aliphatic rings. The van der Waals surface area contributed by atoms with Gasteiger partial charge in [-0.2, -0.15) is 0 Å². The van der Waals surface area contributed by atoms with Crippen LogP contribution in [0.25, 0.3) is 0 Å². The van der Waals surface area contributed by atoms with E-state index in [-0.39, 0.29) is 0 Å². The molecule has 0 aliphatic heterocycles. The molecule has 3 nitrogen and oxygen atoms in total. The lowest BCUT2D eigenvalue weighted by Gasteiger charge is -2.27. The second kappa shape index (κ2) is 11.2. The van der Waals surface area contributed by atoms with Crippen molar-refractivity contribution in [1.82, 2.24) is 0 Å². The molecule has 1 rings (SSSR count). The molecule has 1 aromatic rings. The molecule has 114 valence electrons. The van der Waals surface area contributed by atoms with Gasteiger partial charge in [-0.1, -0.05) is 63.6 Å². The first-order chi connectivity index (χ1) is 9.50. The van der Waals surface area contributed by atoms with Gasteiger partial charge in [0.25, 0.3) is 0 Å². The molecule has 0 radical (unpaired) electrons. The molecule has 20 heavy (non-hydrogen) atoms. The van der Waals surface area contributed by atoms with Crippen LogP contribution in [0.1, 0.15) is 46.6 Å². The topological polar surface area (TPSA) is 52.3 Å². The predicted octanol–water partition coefficient (Wildman–Crippen LogP) is 4.03. The summed E-state index contributed by atoms with van der Waals surface area (Å²) < 4.78 is 4.77. The van der Waals surface area contributed by atoms with Crippen molar-refractivity contribution < 1.29 is 9.53 Å². The molecule has 0 saturated heterocycles. The van der Waals surface area contributed by atoms with Crippen LogP contribution in [-0.4, -0.2) is 13.1 Å². The third-order valence-corrected chi connectivity index (χ3v) is 2.42. The maximum Gasteiger partial charge on any atom is 0.330 e. The molecule has 1 unspecified atom stereocenters. The van der Waals surface area contributed by atoms with Gasteiger partial charge in [0.2, 0.25) is 0 Å². The molecule has 3 heteroatoms. The molecule has 0 amide bonds. The maximum absolute atomic E-state index is 11.8. The summed E-state index contributed by atoms with van der Waals surface area (Å²) in [5.74, 6) is -0.443. The molecule has 0 spiro atoms. The molecule has 0 heterocycles. The fraction of sp³-hybridized carbons (Fsp3) is 0.471. The van der Waals surface area contributed by atoms with Gasteiger partial charge in [0.05, 0.1) is 7.11 Å². The molecule has 0 aliphatic carbocycles. The van der Waals surface area contributed by atoms with E-state index < -0.39 is 11.5 Å². The Morgan fingerprint density at radius 3 is 2.00 bits per heavy atom. The minimum Gasteiger partial charge on any atom is -0.467 e. The van der Waals surface area contributed by atoms with Crippen molar-refractivity contribution in [1.29, 1.82) is 0 Å². The first kappa shape index (κ1) is 20.7. The first-order valence-electron chi connectivity index (χ1n) is 7.08. The molecule has 0 aromatic heterocycles. The second-order valence-electron chi connectivity index (χ2n) is 3.96. The molecule has 1 atom stereocenters. The Kier molecular flexibility index (Phi) is 11.6. The Balaban J connectivity index is 0. The van der Waals surface area contributed by atoms with Gasteiger partial charge in [0.1, 0.15) is 5.54 Å². The molecule has 1 aromatic carbocycles. The summed E-state index contributed by atoms with van der Waals surface area (Å²) in [7, 11) is 1.34. The van der Waals surface area contributed by atoms with Crippen molar-refractivity contribution in [3.63, 3.8) is 0 Å². The number of esters is 1. The summed E-state index contributed by atoms with van der Waals surface area (Å²) in [5.41, 5.74) is 6.59. The highest BCUT2D eigenvalue weighted by atomic mass is 16.5. The quantitative estimate of drug-likeness (QED) is 0.668. The normalized spacial score (nSPS) is 11.8. The van der Waals surface area contributed by atoms with Gasteiger partial charge in [-0.15, -0.1) is 6.58 Å². The number of carbonyl (C=O) groups is 1. The van der Waals surface area contributed by atoms with Gasteiger partial charge in [-0.25, -0.2) is 4.79 Å². The highest BCUT2D eigenvalue weighted by Gasteiger charge is 2.36. The van der Waals surface area contributed by atoms with Crippen LogP contribution >= 0.6 is 0 Å². The zero-order chi connectivity index (χ0) is 16.2. The average molecular weight is 279 g/mol. The molecule has 0 saturated carbocycles. The molecular weight excluding hydrogens is 250 g/mol. The summed E-state index contributed by atoms with van der Waals surface area (Å²) in [4.78, 5) is 11.8. The average Bonchev–Trinajstić information content (AvgIpc) is 2.50. The van der Waals surface area contributed by atoms with E-state index in [1.165, 1.54) is 7.11 Å². The lowest BCUT2D eigenvalue weighted by molar-refractivity contribution is -0.147. The van der Waals surface area contributed by atoms with Crippen LogP contribution in [0.4, 0.5) is 0 Å². The van der Waals surface area contributed by atoms with E-state index in [0.29, 0.717) is 6.42 Å². The third kappa shape index (κ3) is 6.02. The number of benzene rings is 1. The van der Waals surface area contributed by atoms with Crippen molar-refractivity contribution in [2.45, 2.75) is 46.6 Å². The molecule has 2 N–H and O–H groups in total. The monoisotopic (exact) mass is 279 g/mol. The number of methoxy groups -OCH3 is 1. The van der Waals surface area contributed by atoms with Gasteiger partial charge >= 0.3 is 5.97 Å². The lowest BCUT2D eigenvalue weighted by Crippen LogP contribution is -2.45. The zero-order valence-corrected chi connectivity index (χ0v) is 13.7. The van der Waals surface area contributed by atoms with E-state index in [1.807, 2.05) is 65.0 Å². The van der Waals surface area contributed by atoms with Gasteiger partial charge in [0, 0.05) is 6.42 Å². The van der Waals surface area contributed by atoms with Crippen molar-refractivity contribution >= 4 is 5.97 Å². The zero-order valence-electron chi connectivity index (χ0n) is 13.7. The number of hydrogen-bond acceptors (Lipinski definition) is 3. The molecule has 0 bridgehead atoms. The number of carbonyl (C=O) groups excluding carboxylic acids is 1. The van der Waals surface area contributed by atoms with E-state index >= 15 is 0 Å². The Morgan fingerprint density at radius 1 is 1.20 bits per heavy atom. The Morgan fingerprint density at radius 2 is 1.65 bits per heavy atom. The van der Waals surface area contributed by atoms with Crippen LogP contribution in [0.3, 0.4) is 0 Å². The van der Waals surface area contributed by atoms with Gasteiger partial charge in [-0.3, -0.25) is 0 Å². The van der Waals surface area contributed by atoms with Crippen LogP contribution in [-0.2, 0) is 15.1 Å². The van der Waals surface area contributed by atoms with E-state index in [4.69, 9.17) is 10.5 Å². The Hall–Kier alpha value is -1.61. The smallest absolute Gasteiger partial charge is 0.330 e. The minimum atomic E-state index is -1.14. The van der Waals surface area contributed by atoms with E-state index in [0.717, 1.165) is 11.1 Å². The van der Waals surface area contributed by atoms with Gasteiger partial charge in [-0.05, 0) is 12.5 Å². The predicted molar refractivity (Wildman–Crippen MR) is 86.5 cm³/mol. The van der Waals surface area contributed by atoms with Crippen molar-refractivity contribution in [3.05, 3.63) is 48.0 Å². The number of hydrogen-bond donors (Lipinski definition) is 1. The minimum absolute atomic E-state index is 0.379. The van der Waals surface area contributed by atoms with E-state index in [2.05, 4.69) is 6.58 Å². The standard InChI is InChI=1S/C13H17NO2.2C2H6/c1-10(2)9-13(14,12(15)16-3)11-7-5-4-6-8-11;2*1-2/h4-8H,1,9,14H2,2-3H3;2*1-2H3. The molecular formula is C17H29NO2. The fourth-order valence-corrected chi connectivity index (χ4v) is 1.69. The Labute approximate surface area is 123 Å². The van der Waals surface area contributed by atoms with Crippen LogP contribution < -0.4 is 5.73 Å². The van der Waals surface area contributed by atoms with Gasteiger partial charge < -0.3 is 10.5 Å². The highest BCUT2D eigenvalue weighted by molar-refractivity contribution is 5.82. The summed E-state index contributed by atoms with van der Waals surface area (Å²) >= 11 is 0. The van der Waals surface area contributed by atoms with E-state index in [9.17, 15) is 4.79 Å². The van der Waals surface area contributed by atoms with Gasteiger partial charge in [0.15, 0.2) is 0 Å². The van der Waals surface area contributed by atoms with Crippen LogP contribution in [0, 0.1) is 0 Å². The first-order valence-corrected chi connectivity index (χ1v) is 7.08. The largest absolute Gasteiger partial charge is 0.467 e. The number of nitrogens with two attached hydrogens (primary N) is 1. The maximum atomic E-state index is 11.8. The molecule has 0 fully saturated rings. The third-order valence-electron chi connectivity index (χ3n) is 2.42. The SMILES string of the molecule is C=C(C)CC(N)(C(=O)OC)c1ccccc1.CC.CC. The second-order valence-corrected chi connectivity index (χ2v) is 3.96.